The standard InChI is InChI=1S/C19H18N4O3S/c1-3-22-16-6-4-5-7-17(16)27(24,25)23-18(20-21-19(22)23)13-10-14-8-11-15(26-2)12-9-14/h4-13H,3H2,1-2H3. The fourth-order valence-electron chi connectivity index (χ4n) is 3.08. The Bertz CT molecular complexity index is 1120. The first-order valence-corrected chi connectivity index (χ1v) is 9.90. The summed E-state index contributed by atoms with van der Waals surface area (Å²) in [5.74, 6) is 1.31. The van der Waals surface area contributed by atoms with Gasteiger partial charge in [0.2, 0.25) is 5.95 Å². The number of nitrogens with zero attached hydrogens (tertiary/aromatic N) is 4. The van der Waals surface area contributed by atoms with Gasteiger partial charge >= 0.3 is 0 Å². The van der Waals surface area contributed by atoms with Gasteiger partial charge in [0, 0.05) is 6.54 Å². The molecule has 0 atom stereocenters. The summed E-state index contributed by atoms with van der Waals surface area (Å²) in [6, 6.07) is 14.3. The third kappa shape index (κ3) is 2.78. The molecule has 0 fully saturated rings. The maximum atomic E-state index is 13.1. The summed E-state index contributed by atoms with van der Waals surface area (Å²) < 4.78 is 32.6. The Labute approximate surface area is 157 Å². The van der Waals surface area contributed by atoms with E-state index in [0.29, 0.717) is 18.2 Å². The summed E-state index contributed by atoms with van der Waals surface area (Å²) in [6.45, 7) is 2.52. The number of fused-ring (bicyclic) bond motifs is 2. The van der Waals surface area contributed by atoms with Crippen LogP contribution in [0.2, 0.25) is 0 Å². The molecule has 2 heterocycles. The molecule has 1 aliphatic rings. The van der Waals surface area contributed by atoms with Gasteiger partial charge in [0.05, 0.1) is 12.8 Å². The normalized spacial score (nSPS) is 14.8. The monoisotopic (exact) mass is 382 g/mol. The van der Waals surface area contributed by atoms with E-state index in [1.54, 1.807) is 37.5 Å². The molecule has 0 saturated carbocycles. The number of rotatable bonds is 4. The molecule has 27 heavy (non-hydrogen) atoms. The second-order valence-electron chi connectivity index (χ2n) is 5.95. The first kappa shape index (κ1) is 17.3. The molecule has 3 aromatic rings. The summed E-state index contributed by atoms with van der Waals surface area (Å²) >= 11 is 0. The van der Waals surface area contributed by atoms with Crippen molar-refractivity contribution in [1.29, 1.82) is 0 Å². The molecule has 0 unspecified atom stereocenters. The third-order valence-corrected chi connectivity index (χ3v) is 6.14. The smallest absolute Gasteiger partial charge is 0.274 e. The van der Waals surface area contributed by atoms with E-state index in [0.717, 1.165) is 11.3 Å². The van der Waals surface area contributed by atoms with E-state index < -0.39 is 10.0 Å². The van der Waals surface area contributed by atoms with E-state index in [1.165, 1.54) is 3.97 Å². The van der Waals surface area contributed by atoms with E-state index in [-0.39, 0.29) is 10.7 Å². The summed E-state index contributed by atoms with van der Waals surface area (Å²) in [5, 5.41) is 8.24. The molecule has 8 heteroatoms. The lowest BCUT2D eigenvalue weighted by molar-refractivity contribution is 0.415. The molecule has 7 nitrogen and oxygen atoms in total. The molecule has 1 aromatic heterocycles. The molecular weight excluding hydrogens is 364 g/mol. The van der Waals surface area contributed by atoms with E-state index in [1.807, 2.05) is 42.2 Å². The Morgan fingerprint density at radius 1 is 1.04 bits per heavy atom. The van der Waals surface area contributed by atoms with Crippen LogP contribution in [-0.2, 0) is 10.0 Å². The average Bonchev–Trinajstić information content (AvgIpc) is 3.12. The van der Waals surface area contributed by atoms with Gasteiger partial charge in [-0.1, -0.05) is 30.3 Å². The Kier molecular flexibility index (Phi) is 4.19. The number of hydrogen-bond donors (Lipinski definition) is 0. The zero-order valence-electron chi connectivity index (χ0n) is 14.9. The zero-order chi connectivity index (χ0) is 19.0. The van der Waals surface area contributed by atoms with Crippen LogP contribution in [0.4, 0.5) is 11.6 Å². The van der Waals surface area contributed by atoms with Crippen molar-refractivity contribution in [2.45, 2.75) is 11.8 Å². The highest BCUT2D eigenvalue weighted by molar-refractivity contribution is 7.90. The molecule has 0 bridgehead atoms. The maximum absolute atomic E-state index is 13.1. The van der Waals surface area contributed by atoms with Gasteiger partial charge in [0.1, 0.15) is 10.6 Å². The number of hydrogen-bond acceptors (Lipinski definition) is 6. The predicted molar refractivity (Wildman–Crippen MR) is 104 cm³/mol. The van der Waals surface area contributed by atoms with Gasteiger partial charge in [-0.25, -0.2) is 8.42 Å². The van der Waals surface area contributed by atoms with E-state index in [9.17, 15) is 8.42 Å². The van der Waals surface area contributed by atoms with Crippen molar-refractivity contribution in [1.82, 2.24) is 14.2 Å². The van der Waals surface area contributed by atoms with Crippen LogP contribution in [-0.4, -0.2) is 36.2 Å². The molecule has 0 N–H and O–H groups in total. The van der Waals surface area contributed by atoms with Crippen molar-refractivity contribution in [3.8, 4) is 5.75 Å². The summed E-state index contributed by atoms with van der Waals surface area (Å²) in [5.41, 5.74) is 1.51. The fourth-order valence-corrected chi connectivity index (χ4v) is 4.66. The van der Waals surface area contributed by atoms with Crippen molar-refractivity contribution >= 4 is 33.8 Å². The Balaban J connectivity index is 1.79. The van der Waals surface area contributed by atoms with Crippen molar-refractivity contribution in [3.05, 3.63) is 59.9 Å². The minimum absolute atomic E-state index is 0.248. The number of anilines is 2. The fraction of sp³-hybridized carbons (Fsp3) is 0.158. The van der Waals surface area contributed by atoms with Crippen LogP contribution >= 0.6 is 0 Å². The van der Waals surface area contributed by atoms with Crippen LogP contribution in [0.5, 0.6) is 5.75 Å². The Morgan fingerprint density at radius 3 is 2.48 bits per heavy atom. The highest BCUT2D eigenvalue weighted by Crippen LogP contribution is 2.38. The molecule has 0 amide bonds. The highest BCUT2D eigenvalue weighted by Gasteiger charge is 2.36. The van der Waals surface area contributed by atoms with E-state index >= 15 is 0 Å². The zero-order valence-corrected chi connectivity index (χ0v) is 15.7. The topological polar surface area (TPSA) is 77.3 Å². The van der Waals surface area contributed by atoms with Crippen molar-refractivity contribution in [2.75, 3.05) is 18.6 Å². The second kappa shape index (κ2) is 6.55. The van der Waals surface area contributed by atoms with Crippen LogP contribution in [0.1, 0.15) is 18.3 Å². The summed E-state index contributed by atoms with van der Waals surface area (Å²) in [7, 11) is -2.16. The van der Waals surface area contributed by atoms with E-state index in [4.69, 9.17) is 4.74 Å². The van der Waals surface area contributed by atoms with Gasteiger partial charge in [-0.15, -0.1) is 10.2 Å². The van der Waals surface area contributed by atoms with Gasteiger partial charge in [0.25, 0.3) is 10.0 Å². The van der Waals surface area contributed by atoms with Crippen LogP contribution in [0.25, 0.3) is 12.2 Å². The molecular formula is C19H18N4O3S. The molecule has 138 valence electrons. The largest absolute Gasteiger partial charge is 0.497 e. The highest BCUT2D eigenvalue weighted by atomic mass is 32.2. The van der Waals surface area contributed by atoms with Gasteiger partial charge in [0.15, 0.2) is 5.82 Å². The number of benzene rings is 2. The van der Waals surface area contributed by atoms with Gasteiger partial charge in [-0.2, -0.15) is 3.97 Å². The predicted octanol–water partition coefficient (Wildman–Crippen LogP) is 3.17. The minimum Gasteiger partial charge on any atom is -0.497 e. The van der Waals surface area contributed by atoms with Crippen LogP contribution in [0.15, 0.2) is 53.4 Å². The maximum Gasteiger partial charge on any atom is 0.274 e. The lowest BCUT2D eigenvalue weighted by atomic mass is 10.2. The quantitative estimate of drug-likeness (QED) is 0.690. The molecule has 0 radical (unpaired) electrons. The molecule has 0 aliphatic carbocycles. The number of methoxy groups -OCH3 is 1. The van der Waals surface area contributed by atoms with Crippen LogP contribution in [0, 0.1) is 0 Å². The molecule has 1 aliphatic heterocycles. The second-order valence-corrected chi connectivity index (χ2v) is 7.70. The number of aromatic nitrogens is 3. The van der Waals surface area contributed by atoms with Gasteiger partial charge < -0.3 is 9.64 Å². The van der Waals surface area contributed by atoms with Crippen molar-refractivity contribution < 1.29 is 13.2 Å². The van der Waals surface area contributed by atoms with Gasteiger partial charge in [-0.3, -0.25) is 0 Å². The Hall–Kier alpha value is -3.13. The first-order valence-electron chi connectivity index (χ1n) is 8.46. The Morgan fingerprint density at radius 2 is 1.78 bits per heavy atom. The van der Waals surface area contributed by atoms with Crippen LogP contribution in [0.3, 0.4) is 0 Å². The van der Waals surface area contributed by atoms with Crippen LogP contribution < -0.4 is 9.64 Å². The molecule has 0 saturated heterocycles. The van der Waals surface area contributed by atoms with Crippen molar-refractivity contribution in [2.24, 2.45) is 0 Å². The van der Waals surface area contributed by atoms with Gasteiger partial charge in [-0.05, 0) is 42.8 Å². The lowest BCUT2D eigenvalue weighted by Gasteiger charge is -2.29. The third-order valence-electron chi connectivity index (χ3n) is 4.40. The summed E-state index contributed by atoms with van der Waals surface area (Å²) in [4.78, 5) is 2.09. The minimum atomic E-state index is -3.77. The molecule has 4 rings (SSSR count). The van der Waals surface area contributed by atoms with E-state index in [2.05, 4.69) is 10.2 Å². The molecule has 2 aromatic carbocycles. The number of ether oxygens (including phenoxy) is 1. The van der Waals surface area contributed by atoms with Crippen molar-refractivity contribution in [3.63, 3.8) is 0 Å². The lowest BCUT2D eigenvalue weighted by Crippen LogP contribution is -2.31. The summed E-state index contributed by atoms with van der Waals surface area (Å²) in [6.07, 6.45) is 3.45. The SMILES string of the molecule is CCN1c2ccccc2S(=O)(=O)n2c(C=Cc3ccc(OC)cc3)nnc21. The molecule has 0 spiro atoms. The number of para-hydroxylation sites is 1. The average molecular weight is 382 g/mol. The first-order chi connectivity index (χ1) is 13.1.